The lowest BCUT2D eigenvalue weighted by Gasteiger charge is -2.22. The molecule has 0 aromatic heterocycles. The number of alkyl halides is 2. The molecule has 0 atom stereocenters. The summed E-state index contributed by atoms with van der Waals surface area (Å²) in [4.78, 5) is 22.6. The Morgan fingerprint density at radius 3 is 2.32 bits per heavy atom. The van der Waals surface area contributed by atoms with Crippen molar-refractivity contribution in [2.24, 2.45) is 0 Å². The minimum absolute atomic E-state index is 0.422. The predicted molar refractivity (Wildman–Crippen MR) is 74.5 cm³/mol. The van der Waals surface area contributed by atoms with E-state index in [4.69, 9.17) is 4.74 Å². The molecule has 0 saturated heterocycles. The predicted octanol–water partition coefficient (Wildman–Crippen LogP) is 3.64. The molecule has 22 heavy (non-hydrogen) atoms. The maximum Gasteiger partial charge on any atom is 0.407 e. The van der Waals surface area contributed by atoms with E-state index in [0.29, 0.717) is 0 Å². The summed E-state index contributed by atoms with van der Waals surface area (Å²) in [5.41, 5.74) is -2.20. The Morgan fingerprint density at radius 2 is 1.82 bits per heavy atom. The molecule has 0 fully saturated rings. The number of benzene rings is 1. The van der Waals surface area contributed by atoms with Gasteiger partial charge in [-0.15, -0.1) is 0 Å². The van der Waals surface area contributed by atoms with Crippen molar-refractivity contribution in [1.82, 2.24) is 5.32 Å². The van der Waals surface area contributed by atoms with E-state index in [1.165, 1.54) is 0 Å². The third-order valence-corrected chi connectivity index (χ3v) is 2.63. The number of alkyl carbamates (subject to hydrolysis) is 1. The molecule has 0 spiro atoms. The Bertz CT molecular complexity index is 580. The summed E-state index contributed by atoms with van der Waals surface area (Å²) in [6.45, 7) is 4.70. The molecule has 0 aliphatic heterocycles. The second-order valence-corrected chi connectivity index (χ2v) is 5.78. The van der Waals surface area contributed by atoms with Gasteiger partial charge in [-0.1, -0.05) is 6.07 Å². The molecular formula is C15H18F3NO3. The van der Waals surface area contributed by atoms with Crippen LogP contribution in [0.15, 0.2) is 18.2 Å². The first-order valence-corrected chi connectivity index (χ1v) is 6.58. The first-order chi connectivity index (χ1) is 9.94. The third-order valence-electron chi connectivity index (χ3n) is 2.63. The summed E-state index contributed by atoms with van der Waals surface area (Å²) < 4.78 is 46.9. The van der Waals surface area contributed by atoms with Crippen LogP contribution in [-0.2, 0) is 10.7 Å². The van der Waals surface area contributed by atoms with E-state index in [2.05, 4.69) is 0 Å². The van der Waals surface area contributed by atoms with Crippen LogP contribution in [-0.4, -0.2) is 24.0 Å². The first-order valence-electron chi connectivity index (χ1n) is 6.58. The SMILES string of the molecule is CC(=O)c1cccc(C(F)(F)CNC(=O)OC(C)(C)C)c1F. The van der Waals surface area contributed by atoms with Crippen LogP contribution in [0, 0.1) is 5.82 Å². The van der Waals surface area contributed by atoms with Gasteiger partial charge in [-0.3, -0.25) is 4.79 Å². The minimum Gasteiger partial charge on any atom is -0.444 e. The van der Waals surface area contributed by atoms with E-state index >= 15 is 0 Å². The molecule has 0 radical (unpaired) electrons. The molecule has 122 valence electrons. The van der Waals surface area contributed by atoms with E-state index in [9.17, 15) is 22.8 Å². The number of ketones is 1. The molecule has 0 aliphatic rings. The number of halogens is 3. The van der Waals surface area contributed by atoms with Crippen molar-refractivity contribution in [3.05, 3.63) is 35.1 Å². The van der Waals surface area contributed by atoms with E-state index in [1.807, 2.05) is 5.32 Å². The molecule has 1 aromatic rings. The van der Waals surface area contributed by atoms with Crippen molar-refractivity contribution in [3.63, 3.8) is 0 Å². The molecular weight excluding hydrogens is 299 g/mol. The molecule has 1 rings (SSSR count). The number of rotatable bonds is 4. The summed E-state index contributed by atoms with van der Waals surface area (Å²) in [5.74, 6) is -5.62. The number of Topliss-reactive ketones (excluding diaryl/α,β-unsaturated/α-hetero) is 1. The molecule has 4 nitrogen and oxygen atoms in total. The number of hydrogen-bond acceptors (Lipinski definition) is 3. The monoisotopic (exact) mass is 317 g/mol. The zero-order chi connectivity index (χ0) is 17.1. The summed E-state index contributed by atoms with van der Waals surface area (Å²) in [5, 5.41) is 1.89. The fraction of sp³-hybridized carbons (Fsp3) is 0.467. The first kappa shape index (κ1) is 18.0. The number of ether oxygens (including phenoxy) is 1. The highest BCUT2D eigenvalue weighted by atomic mass is 19.3. The molecule has 1 N–H and O–H groups in total. The van der Waals surface area contributed by atoms with Gasteiger partial charge >= 0.3 is 6.09 Å². The van der Waals surface area contributed by atoms with E-state index in [-0.39, 0.29) is 0 Å². The molecule has 0 unspecified atom stereocenters. The van der Waals surface area contributed by atoms with Crippen molar-refractivity contribution in [2.45, 2.75) is 39.2 Å². The molecule has 1 amide bonds. The van der Waals surface area contributed by atoms with Gasteiger partial charge < -0.3 is 10.1 Å². The Kier molecular flexibility index (Phi) is 5.22. The second kappa shape index (κ2) is 6.37. The van der Waals surface area contributed by atoms with Crippen molar-refractivity contribution in [3.8, 4) is 0 Å². The quantitative estimate of drug-likeness (QED) is 0.863. The van der Waals surface area contributed by atoms with Gasteiger partial charge in [0.2, 0.25) is 0 Å². The van der Waals surface area contributed by atoms with Crippen LogP contribution in [0.2, 0.25) is 0 Å². The lowest BCUT2D eigenvalue weighted by Crippen LogP contribution is -2.39. The van der Waals surface area contributed by atoms with Gasteiger partial charge in [0.05, 0.1) is 17.7 Å². The average Bonchev–Trinajstić information content (AvgIpc) is 2.34. The Balaban J connectivity index is 2.89. The fourth-order valence-electron chi connectivity index (χ4n) is 1.68. The van der Waals surface area contributed by atoms with E-state index in [0.717, 1.165) is 25.1 Å². The number of carbonyl (C=O) groups excluding carboxylic acids is 2. The highest BCUT2D eigenvalue weighted by Gasteiger charge is 2.36. The van der Waals surface area contributed by atoms with Gasteiger partial charge in [0.1, 0.15) is 11.4 Å². The van der Waals surface area contributed by atoms with E-state index in [1.54, 1.807) is 20.8 Å². The van der Waals surface area contributed by atoms with Crippen molar-refractivity contribution in [2.75, 3.05) is 6.54 Å². The van der Waals surface area contributed by atoms with Gasteiger partial charge in [-0.2, -0.15) is 8.78 Å². The minimum atomic E-state index is -3.67. The summed E-state index contributed by atoms with van der Waals surface area (Å²) in [6.07, 6.45) is -1.03. The number of hydrogen-bond donors (Lipinski definition) is 1. The van der Waals surface area contributed by atoms with Crippen molar-refractivity contribution >= 4 is 11.9 Å². The third kappa shape index (κ3) is 4.75. The van der Waals surface area contributed by atoms with Crippen LogP contribution in [0.1, 0.15) is 43.6 Å². The highest BCUT2D eigenvalue weighted by molar-refractivity contribution is 5.94. The van der Waals surface area contributed by atoms with Gasteiger partial charge in [-0.25, -0.2) is 9.18 Å². The number of carbonyl (C=O) groups is 2. The zero-order valence-electron chi connectivity index (χ0n) is 12.8. The zero-order valence-corrected chi connectivity index (χ0v) is 12.8. The second-order valence-electron chi connectivity index (χ2n) is 5.78. The van der Waals surface area contributed by atoms with Crippen LogP contribution in [0.3, 0.4) is 0 Å². The van der Waals surface area contributed by atoms with Crippen LogP contribution in [0.25, 0.3) is 0 Å². The molecule has 0 bridgehead atoms. The van der Waals surface area contributed by atoms with Gasteiger partial charge in [0.25, 0.3) is 5.92 Å². The van der Waals surface area contributed by atoms with Crippen molar-refractivity contribution < 1.29 is 27.5 Å². The van der Waals surface area contributed by atoms with Crippen LogP contribution >= 0.6 is 0 Å². The van der Waals surface area contributed by atoms with Gasteiger partial charge in [0, 0.05) is 0 Å². The van der Waals surface area contributed by atoms with Gasteiger partial charge in [-0.05, 0) is 39.8 Å². The van der Waals surface area contributed by atoms with Crippen LogP contribution < -0.4 is 5.32 Å². The van der Waals surface area contributed by atoms with Gasteiger partial charge in [0.15, 0.2) is 5.78 Å². The topological polar surface area (TPSA) is 55.4 Å². The smallest absolute Gasteiger partial charge is 0.407 e. The molecule has 0 aliphatic carbocycles. The Labute approximate surface area is 126 Å². The van der Waals surface area contributed by atoms with Crippen LogP contribution in [0.4, 0.5) is 18.0 Å². The summed E-state index contributed by atoms with van der Waals surface area (Å²) in [6, 6.07) is 3.16. The van der Waals surface area contributed by atoms with Crippen LogP contribution in [0.5, 0.6) is 0 Å². The van der Waals surface area contributed by atoms with E-state index < -0.39 is 46.9 Å². The maximum atomic E-state index is 14.0. The number of amides is 1. The largest absolute Gasteiger partial charge is 0.444 e. The lowest BCUT2D eigenvalue weighted by molar-refractivity contribution is -0.0121. The Hall–Kier alpha value is -2.05. The molecule has 7 heteroatoms. The average molecular weight is 317 g/mol. The van der Waals surface area contributed by atoms with Crippen molar-refractivity contribution in [1.29, 1.82) is 0 Å². The molecule has 1 aromatic carbocycles. The maximum absolute atomic E-state index is 14.0. The standard InChI is InChI=1S/C15H18F3NO3/c1-9(20)10-6-5-7-11(12(10)16)15(17,18)8-19-13(21)22-14(2,3)4/h5-7H,8H2,1-4H3,(H,19,21). The fourth-order valence-corrected chi connectivity index (χ4v) is 1.68. The lowest BCUT2D eigenvalue weighted by atomic mass is 10.0. The Morgan fingerprint density at radius 1 is 1.23 bits per heavy atom. The summed E-state index contributed by atoms with van der Waals surface area (Å²) >= 11 is 0. The highest BCUT2D eigenvalue weighted by Crippen LogP contribution is 2.31. The number of nitrogens with one attached hydrogen (secondary N) is 1. The molecule has 0 saturated carbocycles. The normalized spacial score (nSPS) is 12.0. The summed E-state index contributed by atoms with van der Waals surface area (Å²) in [7, 11) is 0. The molecule has 0 heterocycles.